The van der Waals surface area contributed by atoms with Crippen LogP contribution in [0.25, 0.3) is 0 Å². The average molecular weight is 503 g/mol. The van der Waals surface area contributed by atoms with Gasteiger partial charge in [0.25, 0.3) is 5.91 Å². The van der Waals surface area contributed by atoms with Gasteiger partial charge in [0.05, 0.1) is 6.42 Å². The van der Waals surface area contributed by atoms with E-state index in [1.807, 2.05) is 45.0 Å². The van der Waals surface area contributed by atoms with Crippen LogP contribution in [0.3, 0.4) is 0 Å². The third-order valence-electron chi connectivity index (χ3n) is 6.14. The Bertz CT molecular complexity index is 1290. The van der Waals surface area contributed by atoms with Crippen molar-refractivity contribution in [3.05, 3.63) is 95.6 Å². The van der Waals surface area contributed by atoms with Crippen molar-refractivity contribution >= 4 is 23.4 Å². The van der Waals surface area contributed by atoms with Crippen molar-refractivity contribution in [3.8, 4) is 0 Å². The van der Waals surface area contributed by atoms with Gasteiger partial charge < -0.3 is 15.1 Å². The summed E-state index contributed by atoms with van der Waals surface area (Å²) < 4.78 is 14.1. The van der Waals surface area contributed by atoms with Crippen LogP contribution < -0.4 is 10.2 Å². The van der Waals surface area contributed by atoms with Crippen molar-refractivity contribution in [2.75, 3.05) is 11.4 Å². The maximum Gasteiger partial charge on any atom is 0.273 e. The van der Waals surface area contributed by atoms with Gasteiger partial charge >= 0.3 is 0 Å². The lowest BCUT2D eigenvalue weighted by Crippen LogP contribution is -2.52. The van der Waals surface area contributed by atoms with Crippen molar-refractivity contribution in [1.29, 1.82) is 0 Å². The minimum Gasteiger partial charge on any atom is -0.352 e. The molecule has 7 nitrogen and oxygen atoms in total. The molecule has 2 heterocycles. The number of amides is 3. The highest BCUT2D eigenvalue weighted by Crippen LogP contribution is 2.32. The third kappa shape index (κ3) is 6.20. The molecule has 3 amide bonds. The molecule has 0 radical (unpaired) electrons. The lowest BCUT2D eigenvalue weighted by atomic mass is 9.95. The molecule has 1 unspecified atom stereocenters. The summed E-state index contributed by atoms with van der Waals surface area (Å²) in [5.74, 6) is -1.66. The standard InChI is InChI=1S/C29H31FN4O3/c1-29(2,3)19-34-24-14-7-5-11-21(24)18-33(27(36)23-13-8-9-15-31-23)25(28(34)37)16-26(35)32-17-20-10-4-6-12-22(20)30/h4-15,25H,16-19H2,1-3H3,(H,32,35). The molecule has 1 atom stereocenters. The van der Waals surface area contributed by atoms with E-state index in [2.05, 4.69) is 10.3 Å². The Labute approximate surface area is 216 Å². The van der Waals surface area contributed by atoms with Gasteiger partial charge in [0, 0.05) is 37.1 Å². The molecule has 1 aliphatic rings. The van der Waals surface area contributed by atoms with Crippen molar-refractivity contribution in [1.82, 2.24) is 15.2 Å². The van der Waals surface area contributed by atoms with E-state index in [1.165, 1.54) is 17.2 Å². The van der Waals surface area contributed by atoms with Crippen molar-refractivity contribution in [2.45, 2.75) is 46.3 Å². The number of fused-ring (bicyclic) bond motifs is 1. The molecule has 0 aliphatic carbocycles. The van der Waals surface area contributed by atoms with Crippen LogP contribution in [0.4, 0.5) is 10.1 Å². The van der Waals surface area contributed by atoms with Gasteiger partial charge in [-0.25, -0.2) is 4.39 Å². The number of anilines is 1. The van der Waals surface area contributed by atoms with Gasteiger partial charge in [-0.2, -0.15) is 0 Å². The highest BCUT2D eigenvalue weighted by molar-refractivity contribution is 6.05. The van der Waals surface area contributed by atoms with Gasteiger partial charge in [0.1, 0.15) is 17.6 Å². The molecule has 0 saturated heterocycles. The van der Waals surface area contributed by atoms with Crippen LogP contribution in [0.15, 0.2) is 72.9 Å². The number of benzene rings is 2. The molecule has 37 heavy (non-hydrogen) atoms. The van der Waals surface area contributed by atoms with Crippen molar-refractivity contribution in [3.63, 3.8) is 0 Å². The summed E-state index contributed by atoms with van der Waals surface area (Å²) in [6.45, 7) is 6.61. The molecule has 1 aliphatic heterocycles. The fourth-order valence-electron chi connectivity index (χ4n) is 4.40. The number of rotatable bonds is 6. The molecule has 2 aromatic carbocycles. The number of carbonyl (C=O) groups excluding carboxylic acids is 3. The van der Waals surface area contributed by atoms with Crippen molar-refractivity contribution in [2.24, 2.45) is 5.41 Å². The predicted octanol–water partition coefficient (Wildman–Crippen LogP) is 4.33. The lowest BCUT2D eigenvalue weighted by Gasteiger charge is -2.33. The summed E-state index contributed by atoms with van der Waals surface area (Å²) in [5, 5.41) is 2.71. The summed E-state index contributed by atoms with van der Waals surface area (Å²) in [6, 6.07) is 17.6. The monoisotopic (exact) mass is 502 g/mol. The minimum atomic E-state index is -1.06. The Morgan fingerprint density at radius 2 is 1.73 bits per heavy atom. The molecule has 3 aromatic rings. The molecule has 4 rings (SSSR count). The molecule has 0 saturated carbocycles. The highest BCUT2D eigenvalue weighted by atomic mass is 19.1. The van der Waals surface area contributed by atoms with E-state index in [-0.39, 0.29) is 36.5 Å². The number of pyridine rings is 1. The molecule has 0 fully saturated rings. The van der Waals surface area contributed by atoms with Crippen LogP contribution in [0.1, 0.15) is 48.8 Å². The number of hydrogen-bond acceptors (Lipinski definition) is 4. The molecule has 192 valence electrons. The topological polar surface area (TPSA) is 82.6 Å². The molecule has 0 spiro atoms. The van der Waals surface area contributed by atoms with Gasteiger partial charge in [-0.3, -0.25) is 19.4 Å². The number of para-hydroxylation sites is 1. The first kappa shape index (κ1) is 26.0. The first-order valence-corrected chi connectivity index (χ1v) is 12.3. The van der Waals surface area contributed by atoms with Gasteiger partial charge in [-0.05, 0) is 35.2 Å². The summed E-state index contributed by atoms with van der Waals surface area (Å²) in [4.78, 5) is 48.0. The zero-order chi connectivity index (χ0) is 26.6. The predicted molar refractivity (Wildman–Crippen MR) is 139 cm³/mol. The Kier molecular flexibility index (Phi) is 7.66. The van der Waals surface area contributed by atoms with E-state index in [0.717, 1.165) is 11.3 Å². The van der Waals surface area contributed by atoms with E-state index in [0.29, 0.717) is 12.1 Å². The normalized spacial score (nSPS) is 15.7. The second-order valence-electron chi connectivity index (χ2n) is 10.3. The first-order valence-electron chi connectivity index (χ1n) is 12.3. The Morgan fingerprint density at radius 3 is 2.43 bits per heavy atom. The molecule has 1 aromatic heterocycles. The van der Waals surface area contributed by atoms with Crippen LogP contribution in [-0.2, 0) is 22.7 Å². The summed E-state index contributed by atoms with van der Waals surface area (Å²) in [6.07, 6.45) is 1.25. The van der Waals surface area contributed by atoms with Gasteiger partial charge in [0.15, 0.2) is 0 Å². The van der Waals surface area contributed by atoms with E-state index in [1.54, 1.807) is 41.3 Å². The SMILES string of the molecule is CC(C)(C)CN1C(=O)C(CC(=O)NCc2ccccc2F)N(C(=O)c2ccccn2)Cc2ccccc21. The number of nitrogens with one attached hydrogen (secondary N) is 1. The zero-order valence-corrected chi connectivity index (χ0v) is 21.3. The zero-order valence-electron chi connectivity index (χ0n) is 21.3. The van der Waals surface area contributed by atoms with Crippen LogP contribution in [0.5, 0.6) is 0 Å². The van der Waals surface area contributed by atoms with E-state index in [9.17, 15) is 18.8 Å². The maximum atomic E-state index is 14.1. The third-order valence-corrected chi connectivity index (χ3v) is 6.14. The Balaban J connectivity index is 1.68. The Morgan fingerprint density at radius 1 is 1.03 bits per heavy atom. The number of aromatic nitrogens is 1. The molecular weight excluding hydrogens is 471 g/mol. The number of nitrogens with zero attached hydrogens (tertiary/aromatic N) is 3. The van der Waals surface area contributed by atoms with Crippen LogP contribution in [0, 0.1) is 11.2 Å². The van der Waals surface area contributed by atoms with E-state index >= 15 is 0 Å². The summed E-state index contributed by atoms with van der Waals surface area (Å²) >= 11 is 0. The molecule has 1 N–H and O–H groups in total. The number of carbonyl (C=O) groups is 3. The minimum absolute atomic E-state index is 0.0213. The fourth-order valence-corrected chi connectivity index (χ4v) is 4.40. The van der Waals surface area contributed by atoms with Gasteiger partial charge in [-0.15, -0.1) is 0 Å². The van der Waals surface area contributed by atoms with E-state index < -0.39 is 23.7 Å². The lowest BCUT2D eigenvalue weighted by molar-refractivity contribution is -0.129. The van der Waals surface area contributed by atoms with Gasteiger partial charge in [0.2, 0.25) is 11.8 Å². The highest BCUT2D eigenvalue weighted by Gasteiger charge is 2.40. The van der Waals surface area contributed by atoms with Crippen LogP contribution in [-0.4, -0.2) is 40.2 Å². The summed E-state index contributed by atoms with van der Waals surface area (Å²) in [7, 11) is 0. The van der Waals surface area contributed by atoms with E-state index in [4.69, 9.17) is 0 Å². The second kappa shape index (κ2) is 10.9. The molecule has 8 heteroatoms. The van der Waals surface area contributed by atoms with Crippen LogP contribution in [0.2, 0.25) is 0 Å². The van der Waals surface area contributed by atoms with Gasteiger partial charge in [-0.1, -0.05) is 63.2 Å². The number of hydrogen-bond donors (Lipinski definition) is 1. The second-order valence-corrected chi connectivity index (χ2v) is 10.3. The van der Waals surface area contributed by atoms with Crippen molar-refractivity contribution < 1.29 is 18.8 Å². The largest absolute Gasteiger partial charge is 0.352 e. The Hall–Kier alpha value is -4.07. The smallest absolute Gasteiger partial charge is 0.273 e. The fraction of sp³-hybridized carbons (Fsp3) is 0.310. The number of halogens is 1. The molecular formula is C29H31FN4O3. The quantitative estimate of drug-likeness (QED) is 0.544. The summed E-state index contributed by atoms with van der Waals surface area (Å²) in [5.41, 5.74) is 1.81. The average Bonchev–Trinajstić information content (AvgIpc) is 2.98. The molecule has 0 bridgehead atoms. The maximum absolute atomic E-state index is 14.1. The van der Waals surface area contributed by atoms with Crippen LogP contribution >= 0.6 is 0 Å². The first-order chi connectivity index (χ1) is 17.6.